The van der Waals surface area contributed by atoms with Crippen LogP contribution in [-0.4, -0.2) is 64.1 Å². The molecule has 1 aromatic carbocycles. The van der Waals surface area contributed by atoms with Crippen molar-refractivity contribution in [2.24, 2.45) is 0 Å². The summed E-state index contributed by atoms with van der Waals surface area (Å²) in [5.74, 6) is -0.223. The number of aliphatic hydroxyl groups is 3. The minimum Gasteiger partial charge on any atom is -0.390 e. The van der Waals surface area contributed by atoms with E-state index in [4.69, 9.17) is 4.74 Å². The van der Waals surface area contributed by atoms with E-state index in [0.29, 0.717) is 25.3 Å². The predicted octanol–water partition coefficient (Wildman–Crippen LogP) is -0.000700. The number of morpholine rings is 1. The maximum atomic E-state index is 12.6. The third-order valence-electron chi connectivity index (χ3n) is 4.34. The molecule has 3 rings (SSSR count). The average Bonchev–Trinajstić information content (AvgIpc) is 2.59. The molecule has 6 nitrogen and oxygen atoms in total. The van der Waals surface area contributed by atoms with E-state index in [9.17, 15) is 20.1 Å². The van der Waals surface area contributed by atoms with Crippen molar-refractivity contribution in [2.75, 3.05) is 19.7 Å². The van der Waals surface area contributed by atoms with Gasteiger partial charge in [0.1, 0.15) is 18.3 Å². The molecule has 1 aliphatic heterocycles. The average molecular weight is 319 g/mol. The fraction of sp³-hybridized carbons (Fsp3) is 0.471. The fourth-order valence-electron chi connectivity index (χ4n) is 3.01. The summed E-state index contributed by atoms with van der Waals surface area (Å²) in [6, 6.07) is 9.70. The van der Waals surface area contributed by atoms with Crippen LogP contribution in [0.25, 0.3) is 0 Å². The van der Waals surface area contributed by atoms with E-state index in [2.05, 4.69) is 0 Å². The van der Waals surface area contributed by atoms with Gasteiger partial charge in [-0.3, -0.25) is 4.79 Å². The summed E-state index contributed by atoms with van der Waals surface area (Å²) >= 11 is 0. The summed E-state index contributed by atoms with van der Waals surface area (Å²) < 4.78 is 5.74. The van der Waals surface area contributed by atoms with E-state index in [1.54, 1.807) is 4.90 Å². The van der Waals surface area contributed by atoms with Crippen molar-refractivity contribution in [3.63, 3.8) is 0 Å². The highest BCUT2D eigenvalue weighted by Crippen LogP contribution is 2.26. The van der Waals surface area contributed by atoms with Crippen molar-refractivity contribution in [3.05, 3.63) is 47.5 Å². The molecule has 3 N–H and O–H groups in total. The van der Waals surface area contributed by atoms with Crippen LogP contribution in [0.2, 0.25) is 0 Å². The minimum atomic E-state index is -1.24. The smallest absolute Gasteiger partial charge is 0.249 e. The first-order valence-corrected chi connectivity index (χ1v) is 7.77. The molecule has 1 saturated heterocycles. The Hall–Kier alpha value is -1.73. The normalized spacial score (nSPS) is 31.6. The van der Waals surface area contributed by atoms with Gasteiger partial charge >= 0.3 is 0 Å². The van der Waals surface area contributed by atoms with E-state index in [0.717, 1.165) is 5.56 Å². The van der Waals surface area contributed by atoms with Gasteiger partial charge in [-0.2, -0.15) is 0 Å². The second-order valence-electron chi connectivity index (χ2n) is 5.97. The lowest BCUT2D eigenvalue weighted by Crippen LogP contribution is -2.46. The van der Waals surface area contributed by atoms with Crippen LogP contribution in [0.5, 0.6) is 0 Å². The zero-order valence-electron chi connectivity index (χ0n) is 12.7. The van der Waals surface area contributed by atoms with E-state index in [1.165, 1.54) is 6.08 Å². The summed E-state index contributed by atoms with van der Waals surface area (Å²) in [7, 11) is 0. The number of nitrogens with zero attached hydrogens (tertiary/aromatic N) is 1. The van der Waals surface area contributed by atoms with Gasteiger partial charge in [0, 0.05) is 18.5 Å². The highest BCUT2D eigenvalue weighted by molar-refractivity contribution is 5.94. The van der Waals surface area contributed by atoms with E-state index >= 15 is 0 Å². The molecular formula is C17H21NO5. The minimum absolute atomic E-state index is 0.0461. The van der Waals surface area contributed by atoms with Gasteiger partial charge in [0.25, 0.3) is 0 Å². The van der Waals surface area contributed by atoms with Crippen molar-refractivity contribution in [3.8, 4) is 0 Å². The Morgan fingerprint density at radius 3 is 2.61 bits per heavy atom. The molecule has 1 heterocycles. The molecule has 124 valence electrons. The van der Waals surface area contributed by atoms with Gasteiger partial charge in [-0.05, 0) is 11.6 Å². The summed E-state index contributed by atoms with van der Waals surface area (Å²) in [6.07, 6.45) is -2.38. The Kier molecular flexibility index (Phi) is 4.77. The van der Waals surface area contributed by atoms with Crippen molar-refractivity contribution in [2.45, 2.75) is 30.8 Å². The molecule has 2 aliphatic rings. The van der Waals surface area contributed by atoms with Crippen LogP contribution in [0, 0.1) is 0 Å². The van der Waals surface area contributed by atoms with Crippen molar-refractivity contribution in [1.29, 1.82) is 0 Å². The van der Waals surface area contributed by atoms with E-state index in [1.807, 2.05) is 30.3 Å². The molecule has 6 heteroatoms. The number of rotatable bonds is 2. The first-order valence-electron chi connectivity index (χ1n) is 7.77. The first-order chi connectivity index (χ1) is 11.1. The zero-order chi connectivity index (χ0) is 16.4. The predicted molar refractivity (Wildman–Crippen MR) is 82.4 cm³/mol. The van der Waals surface area contributed by atoms with E-state index in [-0.39, 0.29) is 18.4 Å². The summed E-state index contributed by atoms with van der Waals surface area (Å²) in [6.45, 7) is 1.33. The quantitative estimate of drug-likeness (QED) is 0.714. The maximum Gasteiger partial charge on any atom is 0.249 e. The number of carbonyl (C=O) groups is 1. The molecule has 0 aromatic heterocycles. The molecule has 4 atom stereocenters. The Morgan fingerprint density at radius 2 is 1.91 bits per heavy atom. The number of hydrogen-bond donors (Lipinski definition) is 3. The lowest BCUT2D eigenvalue weighted by molar-refractivity contribution is -0.136. The topological polar surface area (TPSA) is 90.2 Å². The lowest BCUT2D eigenvalue weighted by atomic mass is 9.91. The fourth-order valence-corrected chi connectivity index (χ4v) is 3.01. The van der Waals surface area contributed by atoms with Crippen LogP contribution in [0.1, 0.15) is 18.1 Å². The molecular weight excluding hydrogens is 298 g/mol. The number of ether oxygens (including phenoxy) is 1. The highest BCUT2D eigenvalue weighted by Gasteiger charge is 2.34. The van der Waals surface area contributed by atoms with Crippen LogP contribution in [0.15, 0.2) is 42.0 Å². The van der Waals surface area contributed by atoms with Crippen LogP contribution < -0.4 is 0 Å². The zero-order valence-corrected chi connectivity index (χ0v) is 12.7. The number of aliphatic hydroxyl groups excluding tert-OH is 3. The lowest BCUT2D eigenvalue weighted by Gasteiger charge is -2.35. The van der Waals surface area contributed by atoms with Gasteiger partial charge in [0.15, 0.2) is 0 Å². The van der Waals surface area contributed by atoms with Gasteiger partial charge in [-0.1, -0.05) is 30.3 Å². The van der Waals surface area contributed by atoms with Gasteiger partial charge in [0.05, 0.1) is 19.3 Å². The van der Waals surface area contributed by atoms with Crippen LogP contribution in [0.3, 0.4) is 0 Å². The first kappa shape index (κ1) is 16.1. The van der Waals surface area contributed by atoms with E-state index < -0.39 is 18.3 Å². The third kappa shape index (κ3) is 3.45. The maximum absolute atomic E-state index is 12.6. The standard InChI is InChI=1S/C17H21NO5/c19-13-8-12(9-14(20)16(13)21)17(22)18-6-7-23-15(10-18)11-4-2-1-3-5-11/h1-5,8,13-16,19-21H,6-7,9-10H2/t13-,14-,15?,16-/m1/s1. The molecule has 1 amide bonds. The number of carbonyl (C=O) groups excluding carboxylic acids is 1. The monoisotopic (exact) mass is 319 g/mol. The Morgan fingerprint density at radius 1 is 1.17 bits per heavy atom. The molecule has 23 heavy (non-hydrogen) atoms. The van der Waals surface area contributed by atoms with Gasteiger partial charge in [-0.15, -0.1) is 0 Å². The molecule has 0 radical (unpaired) electrons. The van der Waals surface area contributed by atoms with Gasteiger partial charge in [0.2, 0.25) is 5.91 Å². The van der Waals surface area contributed by atoms with Crippen LogP contribution in [-0.2, 0) is 9.53 Å². The van der Waals surface area contributed by atoms with Crippen molar-refractivity contribution in [1.82, 2.24) is 4.90 Å². The molecule has 0 saturated carbocycles. The molecule has 0 bridgehead atoms. The van der Waals surface area contributed by atoms with Crippen LogP contribution in [0.4, 0.5) is 0 Å². The summed E-state index contributed by atoms with van der Waals surface area (Å²) in [5.41, 5.74) is 1.35. The third-order valence-corrected chi connectivity index (χ3v) is 4.34. The molecule has 0 spiro atoms. The SMILES string of the molecule is O=C(C1=C[C@@H](O)[C@@H](O)[C@H](O)C1)N1CCOC(c2ccccc2)C1. The highest BCUT2D eigenvalue weighted by atomic mass is 16.5. The van der Waals surface area contributed by atoms with Gasteiger partial charge < -0.3 is 25.0 Å². The Bertz CT molecular complexity index is 588. The number of amides is 1. The molecule has 1 aromatic rings. The largest absolute Gasteiger partial charge is 0.390 e. The van der Waals surface area contributed by atoms with Gasteiger partial charge in [-0.25, -0.2) is 0 Å². The summed E-state index contributed by atoms with van der Waals surface area (Å²) in [5, 5.41) is 29.0. The van der Waals surface area contributed by atoms with Crippen molar-refractivity contribution < 1.29 is 24.9 Å². The molecule has 1 aliphatic carbocycles. The molecule has 1 fully saturated rings. The number of hydrogen-bond acceptors (Lipinski definition) is 5. The Labute approximate surface area is 134 Å². The molecule has 1 unspecified atom stereocenters. The number of benzene rings is 1. The second-order valence-corrected chi connectivity index (χ2v) is 5.97. The summed E-state index contributed by atoms with van der Waals surface area (Å²) in [4.78, 5) is 14.3. The van der Waals surface area contributed by atoms with Crippen LogP contribution >= 0.6 is 0 Å². The Balaban J connectivity index is 1.71. The van der Waals surface area contributed by atoms with Crippen molar-refractivity contribution >= 4 is 5.91 Å². The second kappa shape index (κ2) is 6.80.